The van der Waals surface area contributed by atoms with Crippen LogP contribution in [-0.2, 0) is 56.0 Å². The molecule has 0 spiro atoms. The summed E-state index contributed by atoms with van der Waals surface area (Å²) in [6, 6.07) is 1.21. The van der Waals surface area contributed by atoms with Gasteiger partial charge < -0.3 is 84.8 Å². The Labute approximate surface area is 607 Å². The third-order valence-corrected chi connectivity index (χ3v) is 22.5. The first-order valence-electron chi connectivity index (χ1n) is 32.6. The fourth-order valence-corrected chi connectivity index (χ4v) is 17.2. The highest BCUT2D eigenvalue weighted by atomic mass is 32.1. The molecule has 2 saturated heterocycles. The molecule has 32 nitrogen and oxygen atoms in total. The molecule has 1 aromatic carbocycles. The number of morpholine rings is 1. The van der Waals surface area contributed by atoms with Gasteiger partial charge in [-0.3, -0.25) is 28.9 Å². The third kappa shape index (κ3) is 15.0. The first-order chi connectivity index (χ1) is 49.5. The number of allylic oxidation sites excluding steroid dienone is 1. The number of hydrogen-bond donors (Lipinski definition) is 8. The molecule has 5 aliphatic heterocycles. The van der Waals surface area contributed by atoms with E-state index in [1.807, 2.05) is 0 Å². The van der Waals surface area contributed by atoms with Crippen LogP contribution in [-0.4, -0.2) is 224 Å². The molecule has 8 N–H and O–H groups in total. The molecule has 12 bridgehead atoms. The van der Waals surface area contributed by atoms with Crippen molar-refractivity contribution in [3.05, 3.63) is 112 Å². The lowest BCUT2D eigenvalue weighted by atomic mass is 9.85. The standard InChI is InChI=1S/C66H72N14O18S5/c1-29(81)45-58(86)76-46(30(2)91-7)61-72-40(28-101-61)57(85)77-49-51-52(98-43-20-66(4,89)53(78(5)6)31(3)97-43)65(88)95-21-32-11-9-12-41-44(32)34(22-94-51)50(80(41)90)64(87)96-23-35(68-55(83)38-27-103-63(49)73-38)60-69-36(24-100-60)47-33(59-70-39(26-99-59)56(84)75-45)19-42(92-8)48(74-47)62-71-37(25-102-62)54(82)67-13-10-14-79-15-17-93-18-16-79/h9,11-12,19,24-29,31,35,43,45,49,51-53,81,89-90H,10,13-18,20-23H2,1-8H3,(H,67,82)(H,68,83)(H,75,84)(H,76,86)(H,77,85)/b46-30+/t29-,31+,35+,43+,45+,49+,51+,52+,53-,66+/m1/s1. The molecule has 544 valence electrons. The molecule has 10 atom stereocenters. The number of fused-ring (bicyclic) bond motifs is 15. The first-order valence-corrected chi connectivity index (χ1v) is 37.0. The van der Waals surface area contributed by atoms with Crippen molar-refractivity contribution >= 4 is 115 Å². The maximum atomic E-state index is 15.2. The Morgan fingerprint density at radius 3 is 2.26 bits per heavy atom. The molecule has 103 heavy (non-hydrogen) atoms. The maximum absolute atomic E-state index is 15.2. The lowest BCUT2D eigenvalue weighted by molar-refractivity contribution is -0.280. The highest BCUT2D eigenvalue weighted by Crippen LogP contribution is 2.43. The zero-order valence-electron chi connectivity index (χ0n) is 56.7. The topological polar surface area (TPSA) is 403 Å². The van der Waals surface area contributed by atoms with Gasteiger partial charge >= 0.3 is 11.9 Å². The fraction of sp³-hybridized carbons (Fsp3) is 0.439. The summed E-state index contributed by atoms with van der Waals surface area (Å²) in [4.78, 5) is 136. The largest absolute Gasteiger partial charge is 0.499 e. The Morgan fingerprint density at radius 1 is 0.835 bits per heavy atom. The van der Waals surface area contributed by atoms with E-state index in [-0.39, 0.29) is 111 Å². The van der Waals surface area contributed by atoms with Crippen molar-refractivity contribution in [1.29, 1.82) is 0 Å². The van der Waals surface area contributed by atoms with Crippen LogP contribution in [0.25, 0.3) is 49.3 Å². The molecule has 8 aromatic rings. The Hall–Kier alpha value is -8.83. The van der Waals surface area contributed by atoms with Crippen molar-refractivity contribution in [3.8, 4) is 38.4 Å². The average Bonchev–Trinajstić information content (AvgIpc) is 1.65. The number of aromatic nitrogens is 7. The SMILES string of the molecule is CO/C(C)=C1/NC(=O)[C@H]([C@@H](C)O)NC(=O)c2csc(n2)-c2cc(OC)c(-c3nc(C(=O)NCCCN4CCOCC4)cs3)nc2-c2csc(n2)[C@@H]2COC(=O)c3c4c5c(cccc5n3O)COC(=O)[C@@H](O[C@H]3C[C@](C)(O)[C@H](N(C)C)[C@H](C)O3)[C@@H](OC4)[C@H](NC(=O)c3csc1n3)c1nc(cs1)C(=O)N2. The maximum Gasteiger partial charge on any atom is 0.358 e. The van der Waals surface area contributed by atoms with Gasteiger partial charge in [-0.05, 0) is 72.5 Å². The summed E-state index contributed by atoms with van der Waals surface area (Å²) in [5.41, 5.74) is -1.35. The predicted molar refractivity (Wildman–Crippen MR) is 373 cm³/mol. The number of pyridine rings is 1. The Bertz CT molecular complexity index is 4610. The summed E-state index contributed by atoms with van der Waals surface area (Å²) in [5, 5.41) is 57.8. The van der Waals surface area contributed by atoms with Crippen molar-refractivity contribution in [1.82, 2.24) is 71.0 Å². The van der Waals surface area contributed by atoms with Crippen LogP contribution in [0.5, 0.6) is 5.75 Å². The Morgan fingerprint density at radius 2 is 1.52 bits per heavy atom. The van der Waals surface area contributed by atoms with Crippen LogP contribution in [0.2, 0.25) is 0 Å². The number of aliphatic hydroxyl groups is 2. The smallest absolute Gasteiger partial charge is 0.358 e. The van der Waals surface area contributed by atoms with Gasteiger partial charge in [0.05, 0.1) is 63.4 Å². The van der Waals surface area contributed by atoms with E-state index in [0.29, 0.717) is 36.5 Å². The number of carbonyl (C=O) groups excluding carboxylic acids is 7. The van der Waals surface area contributed by atoms with Crippen molar-refractivity contribution in [2.45, 2.75) is 114 Å². The van der Waals surface area contributed by atoms with Gasteiger partial charge in [-0.25, -0.2) is 39.5 Å². The molecule has 2 fully saturated rings. The van der Waals surface area contributed by atoms with Gasteiger partial charge in [0.25, 0.3) is 23.6 Å². The van der Waals surface area contributed by atoms with E-state index in [1.165, 1.54) is 50.3 Å². The van der Waals surface area contributed by atoms with Crippen LogP contribution < -0.4 is 31.3 Å². The number of thiazole rings is 5. The number of benzene rings is 1. The molecule has 0 aliphatic carbocycles. The van der Waals surface area contributed by atoms with Gasteiger partial charge in [0.2, 0.25) is 5.91 Å². The normalized spacial score (nSPS) is 24.6. The average molecular weight is 1510 g/mol. The number of methoxy groups -OCH3 is 2. The highest BCUT2D eigenvalue weighted by Gasteiger charge is 2.50. The molecule has 0 saturated carbocycles. The van der Waals surface area contributed by atoms with Gasteiger partial charge in [-0.15, -0.1) is 56.7 Å². The van der Waals surface area contributed by atoms with Gasteiger partial charge in [0, 0.05) is 69.5 Å². The summed E-state index contributed by atoms with van der Waals surface area (Å²) in [7, 11) is 6.31. The van der Waals surface area contributed by atoms with E-state index in [1.54, 1.807) is 61.8 Å². The second-order valence-corrected chi connectivity index (χ2v) is 29.6. The number of aliphatic hydroxyl groups excluding tert-OH is 1. The van der Waals surface area contributed by atoms with Crippen molar-refractivity contribution in [2.75, 3.05) is 74.3 Å². The van der Waals surface area contributed by atoms with E-state index in [0.717, 1.165) is 76.3 Å². The first kappa shape index (κ1) is 72.5. The molecule has 0 unspecified atom stereocenters. The Kier molecular flexibility index (Phi) is 21.5. The summed E-state index contributed by atoms with van der Waals surface area (Å²) in [5.74, 6) is -5.87. The molecule has 12 heterocycles. The monoisotopic (exact) mass is 1510 g/mol. The van der Waals surface area contributed by atoms with Crippen LogP contribution in [0.4, 0.5) is 0 Å². The minimum Gasteiger partial charge on any atom is -0.499 e. The molecular weight excluding hydrogens is 1440 g/mol. The van der Waals surface area contributed by atoms with Gasteiger partial charge in [0.1, 0.15) is 120 Å². The van der Waals surface area contributed by atoms with Gasteiger partial charge in [-0.1, -0.05) is 12.1 Å². The minimum atomic E-state index is -1.90. The van der Waals surface area contributed by atoms with Gasteiger partial charge in [0.15, 0.2) is 18.1 Å². The number of nitrogens with one attached hydrogen (secondary N) is 5. The van der Waals surface area contributed by atoms with E-state index in [4.69, 9.17) is 62.8 Å². The number of esters is 2. The molecule has 5 amide bonds. The number of ether oxygens (including phenoxy) is 8. The van der Waals surface area contributed by atoms with E-state index in [9.17, 15) is 29.8 Å². The van der Waals surface area contributed by atoms with Crippen molar-refractivity contribution < 1.29 is 86.9 Å². The number of amides is 5. The zero-order chi connectivity index (χ0) is 72.7. The van der Waals surface area contributed by atoms with E-state index < -0.39 is 127 Å². The summed E-state index contributed by atoms with van der Waals surface area (Å²) in [6.07, 6.45) is -6.73. The predicted octanol–water partition coefficient (Wildman–Crippen LogP) is 4.92. The number of likely N-dealkylation sites (N-methyl/N-ethyl adjacent to an activating group) is 1. The van der Waals surface area contributed by atoms with Crippen LogP contribution in [0, 0.1) is 0 Å². The molecule has 13 rings (SSSR count). The van der Waals surface area contributed by atoms with E-state index >= 15 is 19.2 Å². The zero-order valence-corrected chi connectivity index (χ0v) is 60.8. The molecule has 7 aromatic heterocycles. The number of cyclic esters (lactones) is 2. The number of hydrogen-bond acceptors (Lipinski definition) is 31. The fourth-order valence-electron chi connectivity index (χ4n) is 13.0. The number of rotatable bonds is 12. The second-order valence-electron chi connectivity index (χ2n) is 25.3. The summed E-state index contributed by atoms with van der Waals surface area (Å²) >= 11 is 4.96. The Balaban J connectivity index is 0.957. The quantitative estimate of drug-likeness (QED) is 0.0348. The molecular formula is C66H72N14O18S5. The molecule has 5 aliphatic rings. The second kappa shape index (κ2) is 30.5. The summed E-state index contributed by atoms with van der Waals surface area (Å²) < 4.78 is 49.9. The molecule has 37 heteroatoms. The third-order valence-electron chi connectivity index (χ3n) is 18.0. The lowest BCUT2D eigenvalue weighted by Gasteiger charge is -2.48. The van der Waals surface area contributed by atoms with Crippen LogP contribution in [0.1, 0.15) is 131 Å². The summed E-state index contributed by atoms with van der Waals surface area (Å²) in [6.45, 7) is 8.52. The van der Waals surface area contributed by atoms with Crippen molar-refractivity contribution in [3.63, 3.8) is 0 Å². The minimum absolute atomic E-state index is 0.00936. The molecule has 0 radical (unpaired) electrons. The van der Waals surface area contributed by atoms with Crippen LogP contribution in [0.15, 0.2) is 56.9 Å². The highest BCUT2D eigenvalue weighted by molar-refractivity contribution is 7.14. The van der Waals surface area contributed by atoms with E-state index in [2.05, 4.69) is 36.5 Å². The van der Waals surface area contributed by atoms with Crippen LogP contribution in [0.3, 0.4) is 0 Å². The van der Waals surface area contributed by atoms with Crippen LogP contribution >= 0.6 is 56.7 Å². The number of carbonyl (C=O) groups is 7. The van der Waals surface area contributed by atoms with Crippen molar-refractivity contribution in [2.24, 2.45) is 0 Å². The number of nitrogens with zero attached hydrogens (tertiary/aromatic N) is 9. The lowest BCUT2D eigenvalue weighted by Crippen LogP contribution is -2.62. The van der Waals surface area contributed by atoms with Gasteiger partial charge in [-0.2, -0.15) is 4.73 Å².